The minimum Gasteiger partial charge on any atom is -0.507 e. The molecule has 1 amide bonds. The number of thiophene rings is 1. The van der Waals surface area contributed by atoms with Crippen LogP contribution in [-0.4, -0.2) is 33.4 Å². The smallest absolute Gasteiger partial charge is 0.295 e. The van der Waals surface area contributed by atoms with E-state index in [0.29, 0.717) is 17.7 Å². The number of aliphatic hydroxyl groups is 1. The van der Waals surface area contributed by atoms with Gasteiger partial charge in [0, 0.05) is 10.4 Å². The standard InChI is InChI=1S/C25H23NO5S/c1-3-31-20-13-17(10-11-19(20)27)22-21(23(28)16-8-6-15(2)7-9-16)24(29)25(30)26(22)14-18-5-4-12-32-18/h4-13,22,27-28H,3,14H2,1-2H3/b23-21+. The molecule has 32 heavy (non-hydrogen) atoms. The molecule has 0 saturated carbocycles. The summed E-state index contributed by atoms with van der Waals surface area (Å²) in [5, 5.41) is 23.1. The van der Waals surface area contributed by atoms with Crippen molar-refractivity contribution in [3.63, 3.8) is 0 Å². The van der Waals surface area contributed by atoms with Crippen molar-refractivity contribution in [2.75, 3.05) is 6.61 Å². The number of nitrogens with zero attached hydrogens (tertiary/aromatic N) is 1. The van der Waals surface area contributed by atoms with E-state index in [1.165, 1.54) is 22.3 Å². The molecule has 1 unspecified atom stereocenters. The summed E-state index contributed by atoms with van der Waals surface area (Å²) >= 11 is 1.48. The molecule has 164 valence electrons. The first-order valence-corrected chi connectivity index (χ1v) is 11.1. The average Bonchev–Trinajstić information content (AvgIpc) is 3.38. The van der Waals surface area contributed by atoms with Gasteiger partial charge in [0.1, 0.15) is 5.76 Å². The number of likely N-dealkylation sites (tertiary alicyclic amines) is 1. The van der Waals surface area contributed by atoms with Gasteiger partial charge in [0.2, 0.25) is 0 Å². The monoisotopic (exact) mass is 449 g/mol. The van der Waals surface area contributed by atoms with E-state index in [2.05, 4.69) is 0 Å². The second kappa shape index (κ2) is 8.88. The van der Waals surface area contributed by atoms with E-state index >= 15 is 0 Å². The Bertz CT molecular complexity index is 1180. The molecule has 0 aliphatic carbocycles. The summed E-state index contributed by atoms with van der Waals surface area (Å²) in [5.74, 6) is -1.43. The highest BCUT2D eigenvalue weighted by molar-refractivity contribution is 7.09. The van der Waals surface area contributed by atoms with Crippen molar-refractivity contribution in [1.82, 2.24) is 4.90 Å². The van der Waals surface area contributed by atoms with Crippen molar-refractivity contribution in [3.05, 3.63) is 87.1 Å². The summed E-state index contributed by atoms with van der Waals surface area (Å²) in [7, 11) is 0. The van der Waals surface area contributed by atoms with Crippen molar-refractivity contribution in [2.45, 2.75) is 26.4 Å². The molecule has 1 aromatic heterocycles. The van der Waals surface area contributed by atoms with Crippen LogP contribution in [0.2, 0.25) is 0 Å². The number of Topliss-reactive ketones (excluding diaryl/α,β-unsaturated/α-hetero) is 1. The van der Waals surface area contributed by atoms with E-state index in [1.807, 2.05) is 36.6 Å². The second-order valence-corrected chi connectivity index (χ2v) is 8.56. The number of aromatic hydroxyl groups is 1. The number of aryl methyl sites for hydroxylation is 1. The number of ketones is 1. The van der Waals surface area contributed by atoms with Gasteiger partial charge in [-0.3, -0.25) is 9.59 Å². The van der Waals surface area contributed by atoms with Gasteiger partial charge in [-0.2, -0.15) is 0 Å². The number of benzene rings is 2. The van der Waals surface area contributed by atoms with Crippen LogP contribution in [0.1, 0.15) is 34.5 Å². The number of phenolic OH excluding ortho intramolecular Hbond substituents is 1. The third-order valence-corrected chi connectivity index (χ3v) is 6.23. The van der Waals surface area contributed by atoms with E-state index in [1.54, 1.807) is 31.2 Å². The van der Waals surface area contributed by atoms with Gasteiger partial charge in [-0.15, -0.1) is 11.3 Å². The molecule has 2 heterocycles. The van der Waals surface area contributed by atoms with E-state index in [-0.39, 0.29) is 29.4 Å². The summed E-state index contributed by atoms with van der Waals surface area (Å²) in [4.78, 5) is 28.5. The number of amides is 1. The first kappa shape index (κ1) is 21.6. The number of carbonyl (C=O) groups excluding carboxylic acids is 2. The SMILES string of the molecule is CCOc1cc(C2/C(=C(\O)c3ccc(C)cc3)C(=O)C(=O)N2Cc2cccs2)ccc1O. The maximum Gasteiger partial charge on any atom is 0.295 e. The van der Waals surface area contributed by atoms with Gasteiger partial charge in [-0.1, -0.05) is 42.0 Å². The molecule has 2 N–H and O–H groups in total. The topological polar surface area (TPSA) is 87.1 Å². The van der Waals surface area contributed by atoms with Crippen LogP contribution in [0.25, 0.3) is 5.76 Å². The van der Waals surface area contributed by atoms with E-state index < -0.39 is 17.7 Å². The van der Waals surface area contributed by atoms with Crippen molar-refractivity contribution in [1.29, 1.82) is 0 Å². The highest BCUT2D eigenvalue weighted by atomic mass is 32.1. The van der Waals surface area contributed by atoms with Crippen molar-refractivity contribution in [2.24, 2.45) is 0 Å². The van der Waals surface area contributed by atoms with E-state index in [4.69, 9.17) is 4.74 Å². The molecule has 3 aromatic rings. The fraction of sp³-hybridized carbons (Fsp3) is 0.200. The summed E-state index contributed by atoms with van der Waals surface area (Å²) < 4.78 is 5.51. The summed E-state index contributed by atoms with van der Waals surface area (Å²) in [5.41, 5.74) is 2.05. The zero-order valence-corrected chi connectivity index (χ0v) is 18.6. The van der Waals surface area contributed by atoms with Gasteiger partial charge < -0.3 is 19.8 Å². The zero-order valence-electron chi connectivity index (χ0n) is 17.7. The Morgan fingerprint density at radius 1 is 1.12 bits per heavy atom. The first-order valence-electron chi connectivity index (χ1n) is 10.2. The van der Waals surface area contributed by atoms with Gasteiger partial charge in [0.15, 0.2) is 11.5 Å². The third kappa shape index (κ3) is 3.99. The van der Waals surface area contributed by atoms with Crippen LogP contribution in [0.15, 0.2) is 65.6 Å². The van der Waals surface area contributed by atoms with Gasteiger partial charge in [-0.05, 0) is 43.0 Å². The lowest BCUT2D eigenvalue weighted by Crippen LogP contribution is -2.28. The quantitative estimate of drug-likeness (QED) is 0.321. The Hall–Kier alpha value is -3.58. The molecule has 1 fully saturated rings. The average molecular weight is 450 g/mol. The molecule has 2 aromatic carbocycles. The van der Waals surface area contributed by atoms with Crippen LogP contribution in [0.4, 0.5) is 0 Å². The Labute approximate surface area is 190 Å². The van der Waals surface area contributed by atoms with E-state index in [0.717, 1.165) is 10.4 Å². The number of aliphatic hydroxyl groups excluding tert-OH is 1. The maximum absolute atomic E-state index is 13.1. The molecule has 0 radical (unpaired) electrons. The Morgan fingerprint density at radius 2 is 1.88 bits per heavy atom. The zero-order chi connectivity index (χ0) is 22.8. The van der Waals surface area contributed by atoms with Crippen LogP contribution < -0.4 is 4.74 Å². The molecular weight excluding hydrogens is 426 g/mol. The van der Waals surface area contributed by atoms with Crippen molar-refractivity contribution >= 4 is 28.8 Å². The number of hydrogen-bond acceptors (Lipinski definition) is 6. The Balaban J connectivity index is 1.88. The number of carbonyl (C=O) groups is 2. The Morgan fingerprint density at radius 3 is 2.53 bits per heavy atom. The highest BCUT2D eigenvalue weighted by Crippen LogP contribution is 2.42. The van der Waals surface area contributed by atoms with E-state index in [9.17, 15) is 19.8 Å². The molecular formula is C25H23NO5S. The van der Waals surface area contributed by atoms with Gasteiger partial charge in [-0.25, -0.2) is 0 Å². The van der Waals surface area contributed by atoms with Crippen molar-refractivity contribution < 1.29 is 24.5 Å². The molecule has 1 atom stereocenters. The maximum atomic E-state index is 13.1. The Kier molecular flexibility index (Phi) is 6.01. The fourth-order valence-corrected chi connectivity index (χ4v) is 4.50. The summed E-state index contributed by atoms with van der Waals surface area (Å²) in [6.45, 7) is 4.29. The number of hydrogen-bond donors (Lipinski definition) is 2. The number of ether oxygens (including phenoxy) is 1. The molecule has 1 aliphatic heterocycles. The molecule has 7 heteroatoms. The second-order valence-electron chi connectivity index (χ2n) is 7.53. The molecule has 6 nitrogen and oxygen atoms in total. The molecule has 4 rings (SSSR count). The molecule has 1 saturated heterocycles. The van der Waals surface area contributed by atoms with Crippen molar-refractivity contribution in [3.8, 4) is 11.5 Å². The number of rotatable bonds is 6. The first-order chi connectivity index (χ1) is 15.4. The molecule has 0 spiro atoms. The van der Waals surface area contributed by atoms with Crippen LogP contribution in [0.3, 0.4) is 0 Å². The van der Waals surface area contributed by atoms with Gasteiger partial charge >= 0.3 is 0 Å². The lowest BCUT2D eigenvalue weighted by atomic mass is 9.94. The molecule has 1 aliphatic rings. The summed E-state index contributed by atoms with van der Waals surface area (Å²) in [6.07, 6.45) is 0. The lowest BCUT2D eigenvalue weighted by Gasteiger charge is -2.25. The largest absolute Gasteiger partial charge is 0.507 e. The van der Waals surface area contributed by atoms with Crippen LogP contribution in [-0.2, 0) is 16.1 Å². The predicted molar refractivity (Wildman–Crippen MR) is 123 cm³/mol. The minimum absolute atomic E-state index is 0.0172. The lowest BCUT2D eigenvalue weighted by molar-refractivity contribution is -0.140. The highest BCUT2D eigenvalue weighted by Gasteiger charge is 2.46. The third-order valence-electron chi connectivity index (χ3n) is 5.37. The number of phenols is 1. The van der Waals surface area contributed by atoms with Gasteiger partial charge in [0.05, 0.1) is 24.8 Å². The van der Waals surface area contributed by atoms with Gasteiger partial charge in [0.25, 0.3) is 11.7 Å². The van der Waals surface area contributed by atoms with Crippen LogP contribution >= 0.6 is 11.3 Å². The summed E-state index contributed by atoms with van der Waals surface area (Å²) in [6, 6.07) is 14.8. The molecule has 0 bridgehead atoms. The predicted octanol–water partition coefficient (Wildman–Crippen LogP) is 4.78. The van der Waals surface area contributed by atoms with Crippen LogP contribution in [0, 0.1) is 6.92 Å². The normalized spacial score (nSPS) is 17.7. The van der Waals surface area contributed by atoms with Crippen LogP contribution in [0.5, 0.6) is 11.5 Å². The fourth-order valence-electron chi connectivity index (χ4n) is 3.80. The minimum atomic E-state index is -0.821.